The van der Waals surface area contributed by atoms with Gasteiger partial charge in [-0.1, -0.05) is 35.9 Å². The summed E-state index contributed by atoms with van der Waals surface area (Å²) >= 11 is 6.06. The predicted molar refractivity (Wildman–Crippen MR) is 124 cm³/mol. The van der Waals surface area contributed by atoms with Crippen LogP contribution in [0.2, 0.25) is 5.02 Å². The smallest absolute Gasteiger partial charge is 0.265 e. The monoisotopic (exact) mass is 445 g/mol. The third-order valence-electron chi connectivity index (χ3n) is 6.00. The Labute approximate surface area is 188 Å². The lowest BCUT2D eigenvalue weighted by atomic mass is 10.2. The van der Waals surface area contributed by atoms with E-state index in [2.05, 4.69) is 4.98 Å². The maximum atomic E-state index is 13.5. The summed E-state index contributed by atoms with van der Waals surface area (Å²) < 4.78 is 9.34. The molecule has 1 atom stereocenters. The van der Waals surface area contributed by atoms with Crippen LogP contribution in [0.25, 0.3) is 33.2 Å². The van der Waals surface area contributed by atoms with Gasteiger partial charge in [-0.3, -0.25) is 9.36 Å². The summed E-state index contributed by atoms with van der Waals surface area (Å²) in [5, 5.41) is 1.17. The Hall–Kier alpha value is -3.29. The van der Waals surface area contributed by atoms with Crippen LogP contribution in [0.3, 0.4) is 0 Å². The molecule has 0 amide bonds. The van der Waals surface area contributed by atoms with E-state index in [0.29, 0.717) is 40.3 Å². The first kappa shape index (κ1) is 19.4. The summed E-state index contributed by atoms with van der Waals surface area (Å²) in [4.78, 5) is 27.9. The predicted octanol–water partition coefficient (Wildman–Crippen LogP) is 4.18. The standard InChI is InChI=1S/C24H20ClN5O2/c25-16-9-7-15(8-10-16)12-30-22-20(21-23(30)28-19-6-2-1-5-18(19)27-21)24(31)29(14-26-22)13-17-4-3-11-32-17/h1-2,5-10,14,17H,3-4,11-13H2/t17-/m0/s1. The minimum atomic E-state index is -0.116. The van der Waals surface area contributed by atoms with Crippen molar-refractivity contribution in [1.82, 2.24) is 24.1 Å². The van der Waals surface area contributed by atoms with Gasteiger partial charge in [0.15, 0.2) is 11.3 Å². The van der Waals surface area contributed by atoms with Gasteiger partial charge in [-0.25, -0.2) is 15.0 Å². The zero-order valence-electron chi connectivity index (χ0n) is 17.2. The second-order valence-corrected chi connectivity index (χ2v) is 8.57. The molecule has 7 nitrogen and oxygen atoms in total. The highest BCUT2D eigenvalue weighted by molar-refractivity contribution is 6.30. The molecule has 5 aromatic rings. The van der Waals surface area contributed by atoms with E-state index in [4.69, 9.17) is 26.3 Å². The van der Waals surface area contributed by atoms with Crippen LogP contribution in [0.15, 0.2) is 59.7 Å². The molecular weight excluding hydrogens is 426 g/mol. The molecule has 1 aliphatic rings. The Kier molecular flexibility index (Phi) is 4.66. The zero-order chi connectivity index (χ0) is 21.7. The fraction of sp³-hybridized carbons (Fsp3) is 0.250. The molecule has 0 spiro atoms. The van der Waals surface area contributed by atoms with Crippen molar-refractivity contribution in [3.8, 4) is 0 Å². The first-order valence-corrected chi connectivity index (χ1v) is 11.1. The Morgan fingerprint density at radius 1 is 1.03 bits per heavy atom. The first-order chi connectivity index (χ1) is 15.7. The molecule has 6 rings (SSSR count). The van der Waals surface area contributed by atoms with E-state index < -0.39 is 0 Å². The number of rotatable bonds is 4. The minimum Gasteiger partial charge on any atom is -0.376 e. The Bertz CT molecular complexity index is 1520. The topological polar surface area (TPSA) is 74.8 Å². The normalized spacial score (nSPS) is 16.5. The highest BCUT2D eigenvalue weighted by Gasteiger charge is 2.22. The number of hydrogen-bond acceptors (Lipinski definition) is 5. The van der Waals surface area contributed by atoms with E-state index in [9.17, 15) is 4.79 Å². The second-order valence-electron chi connectivity index (χ2n) is 8.13. The third-order valence-corrected chi connectivity index (χ3v) is 6.25. The number of fused-ring (bicyclic) bond motifs is 4. The van der Waals surface area contributed by atoms with Gasteiger partial charge in [-0.15, -0.1) is 0 Å². The van der Waals surface area contributed by atoms with Crippen LogP contribution < -0.4 is 5.56 Å². The van der Waals surface area contributed by atoms with Gasteiger partial charge in [0.05, 0.1) is 36.6 Å². The molecule has 3 aromatic heterocycles. The molecule has 2 aromatic carbocycles. The van der Waals surface area contributed by atoms with Gasteiger partial charge in [0, 0.05) is 11.6 Å². The molecular formula is C24H20ClN5O2. The number of aromatic nitrogens is 5. The highest BCUT2D eigenvalue weighted by Crippen LogP contribution is 2.26. The molecule has 0 bridgehead atoms. The van der Waals surface area contributed by atoms with Crippen molar-refractivity contribution < 1.29 is 4.74 Å². The van der Waals surface area contributed by atoms with Gasteiger partial charge >= 0.3 is 0 Å². The van der Waals surface area contributed by atoms with E-state index in [-0.39, 0.29) is 11.7 Å². The number of halogens is 1. The summed E-state index contributed by atoms with van der Waals surface area (Å²) in [6.45, 7) is 1.74. The Morgan fingerprint density at radius 2 is 1.81 bits per heavy atom. The van der Waals surface area contributed by atoms with Crippen LogP contribution >= 0.6 is 11.6 Å². The van der Waals surface area contributed by atoms with Gasteiger partial charge in [0.2, 0.25) is 0 Å². The van der Waals surface area contributed by atoms with Gasteiger partial charge in [0.1, 0.15) is 10.9 Å². The molecule has 1 saturated heterocycles. The molecule has 0 saturated carbocycles. The third kappa shape index (κ3) is 3.25. The fourth-order valence-corrected chi connectivity index (χ4v) is 4.53. The molecule has 1 fully saturated rings. The molecule has 160 valence electrons. The Balaban J connectivity index is 1.59. The maximum Gasteiger partial charge on any atom is 0.265 e. The molecule has 0 N–H and O–H groups in total. The van der Waals surface area contributed by atoms with Crippen LogP contribution in [0.5, 0.6) is 0 Å². The van der Waals surface area contributed by atoms with Crippen molar-refractivity contribution in [1.29, 1.82) is 0 Å². The molecule has 8 heteroatoms. The SMILES string of the molecule is O=c1c2c3nc4ccccc4nc3n(Cc3ccc(Cl)cc3)c2ncn1C[C@@H]1CCCO1. The maximum absolute atomic E-state index is 13.5. The van der Waals surface area contributed by atoms with Gasteiger partial charge in [-0.05, 0) is 42.7 Å². The fourth-order valence-electron chi connectivity index (χ4n) is 4.40. The van der Waals surface area contributed by atoms with Crippen molar-refractivity contribution in [3.63, 3.8) is 0 Å². The van der Waals surface area contributed by atoms with Gasteiger partial charge in [0.25, 0.3) is 5.56 Å². The van der Waals surface area contributed by atoms with E-state index in [1.54, 1.807) is 10.9 Å². The molecule has 0 aliphatic carbocycles. The number of nitrogens with zero attached hydrogens (tertiary/aromatic N) is 5. The van der Waals surface area contributed by atoms with Crippen LogP contribution in [-0.2, 0) is 17.8 Å². The average molecular weight is 446 g/mol. The Morgan fingerprint density at radius 3 is 2.56 bits per heavy atom. The summed E-state index contributed by atoms with van der Waals surface area (Å²) in [6.07, 6.45) is 3.63. The van der Waals surface area contributed by atoms with Crippen molar-refractivity contribution in [3.05, 3.63) is 75.8 Å². The zero-order valence-corrected chi connectivity index (χ0v) is 18.0. The van der Waals surface area contributed by atoms with Crippen molar-refractivity contribution in [2.45, 2.75) is 32.0 Å². The van der Waals surface area contributed by atoms with Gasteiger partial charge < -0.3 is 9.30 Å². The lowest BCUT2D eigenvalue weighted by Gasteiger charge is -2.11. The van der Waals surface area contributed by atoms with E-state index in [1.165, 1.54) is 0 Å². The minimum absolute atomic E-state index is 0.0429. The average Bonchev–Trinajstić information content (AvgIpc) is 3.42. The van der Waals surface area contributed by atoms with Crippen molar-refractivity contribution in [2.24, 2.45) is 0 Å². The highest BCUT2D eigenvalue weighted by atomic mass is 35.5. The van der Waals surface area contributed by atoms with Crippen molar-refractivity contribution >= 4 is 44.8 Å². The number of para-hydroxylation sites is 2. The number of ether oxygens (including phenoxy) is 1. The first-order valence-electron chi connectivity index (χ1n) is 10.7. The van der Waals surface area contributed by atoms with E-state index in [1.807, 2.05) is 53.1 Å². The van der Waals surface area contributed by atoms with Crippen LogP contribution in [0, 0.1) is 0 Å². The quantitative estimate of drug-likeness (QED) is 0.415. The molecule has 32 heavy (non-hydrogen) atoms. The molecule has 1 aliphatic heterocycles. The summed E-state index contributed by atoms with van der Waals surface area (Å²) in [6, 6.07) is 15.3. The van der Waals surface area contributed by atoms with Gasteiger partial charge in [-0.2, -0.15) is 0 Å². The van der Waals surface area contributed by atoms with Crippen LogP contribution in [0.4, 0.5) is 0 Å². The molecule has 4 heterocycles. The van der Waals surface area contributed by atoms with E-state index >= 15 is 0 Å². The number of benzene rings is 2. The largest absolute Gasteiger partial charge is 0.376 e. The van der Waals surface area contributed by atoms with E-state index in [0.717, 1.165) is 36.0 Å². The van der Waals surface area contributed by atoms with Crippen molar-refractivity contribution in [2.75, 3.05) is 6.61 Å². The summed E-state index contributed by atoms with van der Waals surface area (Å²) in [5.41, 5.74) is 4.25. The molecule has 0 unspecified atom stereocenters. The second kappa shape index (κ2) is 7.69. The number of hydrogen-bond donors (Lipinski definition) is 0. The summed E-state index contributed by atoms with van der Waals surface area (Å²) in [7, 11) is 0. The lowest BCUT2D eigenvalue weighted by Crippen LogP contribution is -2.26. The van der Waals surface area contributed by atoms with Crippen LogP contribution in [-0.4, -0.2) is 36.8 Å². The lowest BCUT2D eigenvalue weighted by molar-refractivity contribution is 0.0960. The van der Waals surface area contributed by atoms with Crippen LogP contribution in [0.1, 0.15) is 18.4 Å². The molecule has 0 radical (unpaired) electrons. The summed E-state index contributed by atoms with van der Waals surface area (Å²) in [5.74, 6) is 0.